The van der Waals surface area contributed by atoms with Gasteiger partial charge in [0, 0.05) is 25.2 Å². The molecule has 1 unspecified atom stereocenters. The van der Waals surface area contributed by atoms with Crippen LogP contribution in [-0.4, -0.2) is 29.9 Å². The lowest BCUT2D eigenvalue weighted by Gasteiger charge is -2.05. The molecule has 1 N–H and O–H groups in total. The molecule has 0 radical (unpaired) electrons. The quantitative estimate of drug-likeness (QED) is 0.691. The van der Waals surface area contributed by atoms with Gasteiger partial charge in [-0.25, -0.2) is 9.67 Å². The Morgan fingerprint density at radius 2 is 2.17 bits per heavy atom. The van der Waals surface area contributed by atoms with E-state index in [1.54, 1.807) is 6.20 Å². The van der Waals surface area contributed by atoms with Crippen LogP contribution in [0.2, 0.25) is 0 Å². The number of aromatic amines is 1. The predicted molar refractivity (Wildman–Crippen MR) is 92.9 cm³/mol. The van der Waals surface area contributed by atoms with Crippen molar-refractivity contribution in [2.45, 2.75) is 46.0 Å². The highest BCUT2D eigenvalue weighted by atomic mass is 15.4. The van der Waals surface area contributed by atoms with Crippen LogP contribution in [0.5, 0.6) is 0 Å². The Hall–Kier alpha value is -2.50. The van der Waals surface area contributed by atoms with E-state index < -0.39 is 0 Å². The molecule has 3 aromatic rings. The molecule has 0 aromatic carbocycles. The first-order valence-corrected chi connectivity index (χ1v) is 8.59. The Morgan fingerprint density at radius 1 is 1.25 bits per heavy atom. The van der Waals surface area contributed by atoms with Gasteiger partial charge in [0.1, 0.15) is 5.82 Å². The van der Waals surface area contributed by atoms with E-state index in [9.17, 15) is 0 Å². The molecule has 0 saturated heterocycles. The van der Waals surface area contributed by atoms with Crippen LogP contribution in [0.3, 0.4) is 0 Å². The molecule has 0 aliphatic rings. The number of hydrogen-bond acceptors (Lipinski definition) is 4. The topological polar surface area (TPSA) is 72.3 Å². The summed E-state index contributed by atoms with van der Waals surface area (Å²) in [6.45, 7) is 4.44. The fourth-order valence-corrected chi connectivity index (χ4v) is 2.65. The van der Waals surface area contributed by atoms with Crippen molar-refractivity contribution in [2.24, 2.45) is 5.92 Å². The number of aromatic nitrogens is 6. The summed E-state index contributed by atoms with van der Waals surface area (Å²) in [5, 5.41) is 11.6. The van der Waals surface area contributed by atoms with Crippen LogP contribution in [0.25, 0.3) is 5.69 Å². The lowest BCUT2D eigenvalue weighted by atomic mass is 10.1. The summed E-state index contributed by atoms with van der Waals surface area (Å²) in [4.78, 5) is 9.00. The van der Waals surface area contributed by atoms with Crippen molar-refractivity contribution in [2.75, 3.05) is 0 Å². The average Bonchev–Trinajstić information content (AvgIpc) is 3.26. The van der Waals surface area contributed by atoms with Crippen molar-refractivity contribution in [1.29, 1.82) is 0 Å². The average molecular weight is 324 g/mol. The van der Waals surface area contributed by atoms with E-state index in [0.29, 0.717) is 5.92 Å². The lowest BCUT2D eigenvalue weighted by molar-refractivity contribution is 0.542. The summed E-state index contributed by atoms with van der Waals surface area (Å²) in [6, 6.07) is 3.95. The monoisotopic (exact) mass is 324 g/mol. The predicted octanol–water partition coefficient (Wildman–Crippen LogP) is 3.15. The number of aryl methyl sites for hydroxylation is 2. The minimum atomic E-state index is 0.591. The van der Waals surface area contributed by atoms with Gasteiger partial charge in [-0.3, -0.25) is 10.1 Å². The highest BCUT2D eigenvalue weighted by Crippen LogP contribution is 2.15. The van der Waals surface area contributed by atoms with Gasteiger partial charge in [-0.2, -0.15) is 10.2 Å². The number of hydrogen-bond donors (Lipinski definition) is 1. The largest absolute Gasteiger partial charge is 0.285 e. The van der Waals surface area contributed by atoms with E-state index in [1.165, 1.54) is 5.56 Å². The zero-order valence-corrected chi connectivity index (χ0v) is 14.3. The van der Waals surface area contributed by atoms with Crippen molar-refractivity contribution >= 4 is 0 Å². The summed E-state index contributed by atoms with van der Waals surface area (Å²) >= 11 is 0. The van der Waals surface area contributed by atoms with Gasteiger partial charge in [0.25, 0.3) is 0 Å². The molecule has 6 heteroatoms. The minimum Gasteiger partial charge on any atom is -0.285 e. The summed E-state index contributed by atoms with van der Waals surface area (Å²) in [5.41, 5.74) is 2.20. The van der Waals surface area contributed by atoms with Gasteiger partial charge in [-0.05, 0) is 36.5 Å². The van der Waals surface area contributed by atoms with Gasteiger partial charge in [0.05, 0.1) is 18.1 Å². The maximum absolute atomic E-state index is 4.79. The van der Waals surface area contributed by atoms with E-state index >= 15 is 0 Å². The van der Waals surface area contributed by atoms with Crippen molar-refractivity contribution in [1.82, 2.24) is 29.9 Å². The van der Waals surface area contributed by atoms with Gasteiger partial charge < -0.3 is 0 Å². The maximum Gasteiger partial charge on any atom is 0.151 e. The minimum absolute atomic E-state index is 0.591. The molecular weight excluding hydrogens is 300 g/mol. The van der Waals surface area contributed by atoms with Gasteiger partial charge >= 0.3 is 0 Å². The van der Waals surface area contributed by atoms with Crippen molar-refractivity contribution in [3.63, 3.8) is 0 Å². The number of H-pyrrole nitrogens is 1. The second-order valence-corrected chi connectivity index (χ2v) is 6.24. The van der Waals surface area contributed by atoms with E-state index in [2.05, 4.69) is 29.0 Å². The third-order valence-corrected chi connectivity index (χ3v) is 4.26. The Bertz CT molecular complexity index is 732. The molecule has 6 nitrogen and oxygen atoms in total. The Balaban J connectivity index is 1.76. The first-order chi connectivity index (χ1) is 11.8. The molecule has 0 aliphatic carbocycles. The molecule has 3 heterocycles. The van der Waals surface area contributed by atoms with Crippen LogP contribution in [-0.2, 0) is 19.3 Å². The van der Waals surface area contributed by atoms with Gasteiger partial charge in [-0.1, -0.05) is 20.3 Å². The van der Waals surface area contributed by atoms with Crippen LogP contribution in [0, 0.1) is 5.92 Å². The van der Waals surface area contributed by atoms with Gasteiger partial charge in [0.2, 0.25) is 0 Å². The number of nitrogens with one attached hydrogen (secondary N) is 1. The molecule has 0 spiro atoms. The van der Waals surface area contributed by atoms with E-state index in [1.807, 2.05) is 35.4 Å². The molecule has 126 valence electrons. The van der Waals surface area contributed by atoms with Crippen molar-refractivity contribution in [3.05, 3.63) is 54.1 Å². The Morgan fingerprint density at radius 3 is 2.88 bits per heavy atom. The molecule has 1 atom stereocenters. The maximum atomic E-state index is 4.79. The summed E-state index contributed by atoms with van der Waals surface area (Å²) in [7, 11) is 0. The highest BCUT2D eigenvalue weighted by Gasteiger charge is 2.13. The molecule has 24 heavy (non-hydrogen) atoms. The fraction of sp³-hybridized carbons (Fsp3) is 0.444. The first-order valence-electron chi connectivity index (χ1n) is 8.59. The van der Waals surface area contributed by atoms with E-state index in [-0.39, 0.29) is 0 Å². The first kappa shape index (κ1) is 16.4. The van der Waals surface area contributed by atoms with Gasteiger partial charge in [0.15, 0.2) is 5.82 Å². The fourth-order valence-electron chi connectivity index (χ4n) is 2.65. The molecule has 0 amide bonds. The second-order valence-electron chi connectivity index (χ2n) is 6.24. The zero-order valence-electron chi connectivity index (χ0n) is 14.3. The van der Waals surface area contributed by atoms with Crippen LogP contribution >= 0.6 is 0 Å². The van der Waals surface area contributed by atoms with Crippen molar-refractivity contribution in [3.8, 4) is 5.69 Å². The molecule has 0 bridgehead atoms. The lowest BCUT2D eigenvalue weighted by Crippen LogP contribution is -2.04. The van der Waals surface area contributed by atoms with Gasteiger partial charge in [-0.15, -0.1) is 0 Å². The normalized spacial score (nSPS) is 12.4. The smallest absolute Gasteiger partial charge is 0.151 e. The molecule has 0 aliphatic heterocycles. The SMILES string of the molecule is CCC(C)Cc1nc(CCCc2cn[nH]c2)n(-c2cccnc2)n1. The molecule has 3 rings (SSSR count). The Labute approximate surface area is 142 Å². The molecular formula is C18H24N6. The summed E-state index contributed by atoms with van der Waals surface area (Å²) in [6.07, 6.45) is 12.4. The third-order valence-electron chi connectivity index (χ3n) is 4.26. The highest BCUT2D eigenvalue weighted by molar-refractivity contribution is 5.27. The molecule has 0 saturated carbocycles. The van der Waals surface area contributed by atoms with Crippen LogP contribution < -0.4 is 0 Å². The van der Waals surface area contributed by atoms with Crippen LogP contribution in [0.15, 0.2) is 36.9 Å². The number of rotatable bonds is 8. The summed E-state index contributed by atoms with van der Waals surface area (Å²) < 4.78 is 1.94. The van der Waals surface area contributed by atoms with Crippen molar-refractivity contribution < 1.29 is 0 Å². The standard InChI is InChI=1S/C18H24N6/c1-3-14(2)10-17-22-18(8-4-6-15-11-20-21-12-15)24(23-17)16-7-5-9-19-13-16/h5,7,9,11-14H,3-4,6,8,10H2,1-2H3,(H,20,21). The molecule has 3 aromatic heterocycles. The number of nitrogens with zero attached hydrogens (tertiary/aromatic N) is 5. The van der Waals surface area contributed by atoms with E-state index in [4.69, 9.17) is 10.1 Å². The number of pyridine rings is 1. The van der Waals surface area contributed by atoms with Crippen LogP contribution in [0.1, 0.15) is 43.9 Å². The summed E-state index contributed by atoms with van der Waals surface area (Å²) in [5.74, 6) is 2.52. The Kier molecular flexibility index (Phi) is 5.36. The van der Waals surface area contributed by atoms with E-state index in [0.717, 1.165) is 49.4 Å². The zero-order chi connectivity index (χ0) is 16.8. The second kappa shape index (κ2) is 7.86. The van der Waals surface area contributed by atoms with Crippen LogP contribution in [0.4, 0.5) is 0 Å². The molecule has 0 fully saturated rings. The third kappa shape index (κ3) is 4.07.